The van der Waals surface area contributed by atoms with Crippen molar-refractivity contribution in [2.24, 2.45) is 5.92 Å². The second-order valence-corrected chi connectivity index (χ2v) is 3.06. The second-order valence-electron chi connectivity index (χ2n) is 2.79. The highest BCUT2D eigenvalue weighted by molar-refractivity contribution is 7.09. The maximum atomic E-state index is 11.0. The van der Waals surface area contributed by atoms with Crippen molar-refractivity contribution in [2.45, 2.75) is 25.4 Å². The van der Waals surface area contributed by atoms with Crippen LogP contribution in [0.4, 0.5) is 0 Å². The van der Waals surface area contributed by atoms with Crippen LogP contribution in [0, 0.1) is 5.92 Å². The van der Waals surface area contributed by atoms with Gasteiger partial charge in [-0.15, -0.1) is 0 Å². The number of carbonyl (C=O) groups excluding carboxylic acids is 1. The molecule has 0 N–H and O–H groups in total. The molecular weight excluding hydrogens is 163 g/mol. The largest absolute Gasteiger partial charge is 0.469 e. The zero-order valence-corrected chi connectivity index (χ0v) is 7.73. The molecule has 1 fully saturated rings. The Hall–Kier alpha value is -0.140. The van der Waals surface area contributed by atoms with E-state index in [1.54, 1.807) is 0 Å². The second kappa shape index (κ2) is 4.03. The Labute approximate surface area is 68.7 Å². The number of carbonyl (C=O) groups is 1. The first kappa shape index (κ1) is 8.95. The van der Waals surface area contributed by atoms with Gasteiger partial charge >= 0.3 is 5.97 Å². The molecule has 2 unspecified atom stereocenters. The molecule has 0 aromatic carbocycles. The Morgan fingerprint density at radius 1 is 1.55 bits per heavy atom. The van der Waals surface area contributed by atoms with E-state index in [4.69, 9.17) is 4.52 Å². The minimum Gasteiger partial charge on any atom is -0.469 e. The summed E-state index contributed by atoms with van der Waals surface area (Å²) in [6, 6.07) is 0. The SMILES string of the molecule is COC(=O)[C@H]1CCC(OP)C1. The Kier molecular flexibility index (Phi) is 3.28. The average Bonchev–Trinajstić information content (AvgIpc) is 2.50. The van der Waals surface area contributed by atoms with E-state index >= 15 is 0 Å². The molecule has 1 aliphatic carbocycles. The van der Waals surface area contributed by atoms with Gasteiger partial charge in [-0.25, -0.2) is 0 Å². The third-order valence-corrected chi connectivity index (χ3v) is 2.50. The van der Waals surface area contributed by atoms with Gasteiger partial charge in [0.2, 0.25) is 0 Å². The summed E-state index contributed by atoms with van der Waals surface area (Å²) >= 11 is 0. The molecule has 11 heavy (non-hydrogen) atoms. The van der Waals surface area contributed by atoms with Gasteiger partial charge in [0.1, 0.15) is 0 Å². The lowest BCUT2D eigenvalue weighted by Crippen LogP contribution is -2.13. The highest BCUT2D eigenvalue weighted by Crippen LogP contribution is 2.29. The van der Waals surface area contributed by atoms with Crippen molar-refractivity contribution in [2.75, 3.05) is 7.11 Å². The smallest absolute Gasteiger partial charge is 0.308 e. The van der Waals surface area contributed by atoms with Gasteiger partial charge in [0, 0.05) is 9.47 Å². The zero-order chi connectivity index (χ0) is 8.27. The van der Waals surface area contributed by atoms with Crippen LogP contribution in [-0.2, 0) is 14.1 Å². The molecule has 1 rings (SSSR count). The monoisotopic (exact) mass is 176 g/mol. The zero-order valence-electron chi connectivity index (χ0n) is 6.58. The van der Waals surface area contributed by atoms with Gasteiger partial charge in [-0.2, -0.15) is 0 Å². The molecule has 4 heteroatoms. The maximum absolute atomic E-state index is 11.0. The fourth-order valence-electron chi connectivity index (χ4n) is 1.44. The molecule has 0 aliphatic heterocycles. The van der Waals surface area contributed by atoms with Gasteiger partial charge in [-0.3, -0.25) is 4.79 Å². The molecule has 0 amide bonds. The number of ether oxygens (including phenoxy) is 1. The molecule has 0 aromatic rings. The van der Waals surface area contributed by atoms with E-state index in [1.165, 1.54) is 7.11 Å². The van der Waals surface area contributed by atoms with Crippen molar-refractivity contribution < 1.29 is 14.1 Å². The third kappa shape index (κ3) is 2.14. The van der Waals surface area contributed by atoms with Crippen molar-refractivity contribution >= 4 is 15.4 Å². The highest BCUT2D eigenvalue weighted by Gasteiger charge is 2.30. The summed E-state index contributed by atoms with van der Waals surface area (Å²) in [6.07, 6.45) is 2.88. The molecular formula is C7H13O3P. The Balaban J connectivity index is 2.35. The summed E-state index contributed by atoms with van der Waals surface area (Å²) < 4.78 is 9.67. The molecule has 3 atom stereocenters. The van der Waals surface area contributed by atoms with Crippen LogP contribution in [0.3, 0.4) is 0 Å². The van der Waals surface area contributed by atoms with E-state index in [1.807, 2.05) is 0 Å². The third-order valence-electron chi connectivity index (χ3n) is 2.11. The van der Waals surface area contributed by atoms with Crippen LogP contribution in [0.1, 0.15) is 19.3 Å². The molecule has 0 saturated heterocycles. The van der Waals surface area contributed by atoms with Crippen molar-refractivity contribution in [1.82, 2.24) is 0 Å². The van der Waals surface area contributed by atoms with E-state index in [0.717, 1.165) is 19.3 Å². The molecule has 1 aliphatic rings. The van der Waals surface area contributed by atoms with Gasteiger partial charge in [0.25, 0.3) is 0 Å². The number of esters is 1. The van der Waals surface area contributed by atoms with Gasteiger partial charge < -0.3 is 9.26 Å². The average molecular weight is 176 g/mol. The fraction of sp³-hybridized carbons (Fsp3) is 0.857. The van der Waals surface area contributed by atoms with Crippen LogP contribution in [-0.4, -0.2) is 19.2 Å². The van der Waals surface area contributed by atoms with Crippen LogP contribution in [0.15, 0.2) is 0 Å². The van der Waals surface area contributed by atoms with E-state index in [-0.39, 0.29) is 18.0 Å². The molecule has 0 radical (unpaired) electrons. The highest BCUT2D eigenvalue weighted by atomic mass is 31.0. The molecule has 0 bridgehead atoms. The Bertz CT molecular complexity index is 149. The Morgan fingerprint density at radius 3 is 2.73 bits per heavy atom. The van der Waals surface area contributed by atoms with Crippen LogP contribution in [0.5, 0.6) is 0 Å². The maximum Gasteiger partial charge on any atom is 0.308 e. The van der Waals surface area contributed by atoms with Crippen LogP contribution in [0.25, 0.3) is 0 Å². The van der Waals surface area contributed by atoms with E-state index in [9.17, 15) is 4.79 Å². The lowest BCUT2D eigenvalue weighted by molar-refractivity contribution is -0.145. The topological polar surface area (TPSA) is 35.5 Å². The summed E-state index contributed by atoms with van der Waals surface area (Å²) in [5.41, 5.74) is 0. The van der Waals surface area contributed by atoms with Crippen molar-refractivity contribution in [1.29, 1.82) is 0 Å². The van der Waals surface area contributed by atoms with Gasteiger partial charge in [-0.1, -0.05) is 0 Å². The summed E-state index contributed by atoms with van der Waals surface area (Å²) in [7, 11) is 3.66. The lowest BCUT2D eigenvalue weighted by Gasteiger charge is -2.06. The van der Waals surface area contributed by atoms with Crippen LogP contribution in [0.2, 0.25) is 0 Å². The summed E-state index contributed by atoms with van der Waals surface area (Å²) in [5, 5.41) is 0. The van der Waals surface area contributed by atoms with Gasteiger partial charge in [-0.05, 0) is 19.3 Å². The lowest BCUT2D eigenvalue weighted by atomic mass is 10.1. The first-order valence-corrected chi connectivity index (χ1v) is 4.18. The van der Waals surface area contributed by atoms with Gasteiger partial charge in [0.15, 0.2) is 0 Å². The van der Waals surface area contributed by atoms with Gasteiger partial charge in [0.05, 0.1) is 19.1 Å². The van der Waals surface area contributed by atoms with E-state index < -0.39 is 0 Å². The summed E-state index contributed by atoms with van der Waals surface area (Å²) in [4.78, 5) is 11.0. The van der Waals surface area contributed by atoms with Crippen LogP contribution >= 0.6 is 9.47 Å². The first-order chi connectivity index (χ1) is 5.27. The van der Waals surface area contributed by atoms with E-state index in [2.05, 4.69) is 14.2 Å². The predicted octanol–water partition coefficient (Wildman–Crippen LogP) is 1.13. The number of hydrogen-bond donors (Lipinski definition) is 0. The molecule has 0 aromatic heterocycles. The minimum atomic E-state index is -0.102. The quantitative estimate of drug-likeness (QED) is 0.467. The molecule has 0 heterocycles. The minimum absolute atomic E-state index is 0.0607. The predicted molar refractivity (Wildman–Crippen MR) is 43.9 cm³/mol. The normalized spacial score (nSPS) is 30.4. The number of methoxy groups -OCH3 is 1. The summed E-state index contributed by atoms with van der Waals surface area (Å²) in [6.45, 7) is 0. The number of rotatable bonds is 2. The molecule has 0 spiro atoms. The molecule has 1 saturated carbocycles. The standard InChI is InChI=1S/C7H13O3P/c1-9-7(8)5-2-3-6(4-5)10-11/h5-6H,2-4,11H2,1H3/t5-,6?/m0/s1. The fourth-order valence-corrected chi connectivity index (χ4v) is 1.69. The van der Waals surface area contributed by atoms with Crippen molar-refractivity contribution in [3.8, 4) is 0 Å². The van der Waals surface area contributed by atoms with E-state index in [0.29, 0.717) is 0 Å². The van der Waals surface area contributed by atoms with Crippen molar-refractivity contribution in [3.05, 3.63) is 0 Å². The molecule has 64 valence electrons. The number of hydrogen-bond acceptors (Lipinski definition) is 3. The van der Waals surface area contributed by atoms with Crippen LogP contribution < -0.4 is 0 Å². The van der Waals surface area contributed by atoms with Crippen molar-refractivity contribution in [3.63, 3.8) is 0 Å². The first-order valence-electron chi connectivity index (χ1n) is 3.71. The molecule has 3 nitrogen and oxygen atoms in total. The Morgan fingerprint density at radius 2 is 2.27 bits per heavy atom. The summed E-state index contributed by atoms with van der Waals surface area (Å²) in [5.74, 6) is -0.0416.